The molecule has 1 aromatic carbocycles. The van der Waals surface area contributed by atoms with Crippen LogP contribution in [0.3, 0.4) is 0 Å². The SMILES string of the molecule is COC(=O)CCOCC(COCCC(=O)OC)(COCCC(=O)OC)NC(=O)CCCC(C)(C)NC(=O)c1ccc(CN)cc1. The maximum Gasteiger partial charge on any atom is 0.307 e. The summed E-state index contributed by atoms with van der Waals surface area (Å²) in [6, 6.07) is 7.04. The summed E-state index contributed by atoms with van der Waals surface area (Å²) >= 11 is 0. The van der Waals surface area contributed by atoms with E-state index in [1.54, 1.807) is 24.3 Å². The Bertz CT molecular complexity index is 1020. The van der Waals surface area contributed by atoms with E-state index in [1.807, 2.05) is 13.8 Å². The van der Waals surface area contributed by atoms with Crippen LogP contribution in [0.25, 0.3) is 0 Å². The van der Waals surface area contributed by atoms with Gasteiger partial charge in [0.2, 0.25) is 5.91 Å². The molecule has 0 radical (unpaired) electrons. The van der Waals surface area contributed by atoms with Gasteiger partial charge in [0.25, 0.3) is 5.91 Å². The monoisotopic (exact) mass is 639 g/mol. The van der Waals surface area contributed by atoms with Gasteiger partial charge < -0.3 is 44.8 Å². The van der Waals surface area contributed by atoms with Gasteiger partial charge >= 0.3 is 17.9 Å². The number of esters is 3. The topological polar surface area (TPSA) is 191 Å². The second-order valence-corrected chi connectivity index (χ2v) is 11.1. The highest BCUT2D eigenvalue weighted by atomic mass is 16.5. The first-order valence-corrected chi connectivity index (χ1v) is 14.8. The van der Waals surface area contributed by atoms with E-state index in [0.29, 0.717) is 24.9 Å². The molecular formula is C31H49N3O11. The second kappa shape index (κ2) is 21.2. The smallest absolute Gasteiger partial charge is 0.307 e. The standard InChI is InChI=1S/C31H49N3O11/c1-30(2,34-29(39)24-10-8-23(19-32)9-11-24)15-6-7-25(35)33-31(20-43-16-12-26(36)40-3,21-44-17-13-27(37)41-4)22-45-18-14-28(38)42-5/h8-11H,6-7,12-22,32H2,1-5H3,(H,33,35)(H,34,39). The number of methoxy groups -OCH3 is 3. The number of hydrogen-bond donors (Lipinski definition) is 3. The number of carbonyl (C=O) groups is 5. The van der Waals surface area contributed by atoms with Crippen molar-refractivity contribution < 1.29 is 52.4 Å². The van der Waals surface area contributed by atoms with E-state index in [4.69, 9.17) is 19.9 Å². The summed E-state index contributed by atoms with van der Waals surface area (Å²) < 4.78 is 31.1. The van der Waals surface area contributed by atoms with Crippen molar-refractivity contribution in [1.82, 2.24) is 10.6 Å². The fourth-order valence-electron chi connectivity index (χ4n) is 4.09. The highest BCUT2D eigenvalue weighted by Gasteiger charge is 2.34. The second-order valence-electron chi connectivity index (χ2n) is 11.1. The summed E-state index contributed by atoms with van der Waals surface area (Å²) in [6.45, 7) is 3.87. The molecule has 45 heavy (non-hydrogen) atoms. The number of nitrogens with one attached hydrogen (secondary N) is 2. The molecule has 14 heteroatoms. The lowest BCUT2D eigenvalue weighted by molar-refractivity contribution is -0.143. The van der Waals surface area contributed by atoms with Crippen LogP contribution in [0.15, 0.2) is 24.3 Å². The molecule has 0 heterocycles. The van der Waals surface area contributed by atoms with Gasteiger partial charge in [-0.1, -0.05) is 12.1 Å². The van der Waals surface area contributed by atoms with E-state index < -0.39 is 29.0 Å². The van der Waals surface area contributed by atoms with Crippen molar-refractivity contribution in [2.45, 2.75) is 70.0 Å². The minimum absolute atomic E-state index is 0.00904. The van der Waals surface area contributed by atoms with Crippen molar-refractivity contribution in [2.24, 2.45) is 5.73 Å². The summed E-state index contributed by atoms with van der Waals surface area (Å²) in [5.41, 5.74) is 5.23. The van der Waals surface area contributed by atoms with Crippen molar-refractivity contribution in [3.05, 3.63) is 35.4 Å². The Balaban J connectivity index is 2.90. The zero-order valence-electron chi connectivity index (χ0n) is 27.1. The summed E-state index contributed by atoms with van der Waals surface area (Å²) in [7, 11) is 3.80. The molecule has 1 aromatic rings. The maximum absolute atomic E-state index is 13.2. The molecule has 0 bridgehead atoms. The molecule has 254 valence electrons. The lowest BCUT2D eigenvalue weighted by Gasteiger charge is -2.34. The number of nitrogens with two attached hydrogens (primary N) is 1. The fraction of sp³-hybridized carbons (Fsp3) is 0.645. The van der Waals surface area contributed by atoms with Crippen LogP contribution in [0, 0.1) is 0 Å². The van der Waals surface area contributed by atoms with E-state index in [2.05, 4.69) is 24.8 Å². The van der Waals surface area contributed by atoms with E-state index >= 15 is 0 Å². The predicted octanol–water partition coefficient (Wildman–Crippen LogP) is 1.42. The van der Waals surface area contributed by atoms with Crippen molar-refractivity contribution in [1.29, 1.82) is 0 Å². The summed E-state index contributed by atoms with van der Waals surface area (Å²) in [4.78, 5) is 60.6. The number of rotatable bonds is 23. The lowest BCUT2D eigenvalue weighted by Crippen LogP contribution is -2.58. The molecule has 4 N–H and O–H groups in total. The number of hydrogen-bond acceptors (Lipinski definition) is 12. The lowest BCUT2D eigenvalue weighted by atomic mass is 9.95. The maximum atomic E-state index is 13.2. The molecule has 0 aliphatic carbocycles. The van der Waals surface area contributed by atoms with Gasteiger partial charge in [-0.2, -0.15) is 0 Å². The number of amides is 2. The van der Waals surface area contributed by atoms with Crippen LogP contribution < -0.4 is 16.4 Å². The van der Waals surface area contributed by atoms with Crippen molar-refractivity contribution in [3.63, 3.8) is 0 Å². The molecule has 0 saturated heterocycles. The van der Waals surface area contributed by atoms with E-state index in [9.17, 15) is 24.0 Å². The van der Waals surface area contributed by atoms with Crippen LogP contribution in [-0.4, -0.2) is 102 Å². The van der Waals surface area contributed by atoms with Crippen LogP contribution in [0.1, 0.15) is 68.3 Å². The third-order valence-corrected chi connectivity index (χ3v) is 6.68. The zero-order valence-corrected chi connectivity index (χ0v) is 27.1. The highest BCUT2D eigenvalue weighted by molar-refractivity contribution is 5.94. The van der Waals surface area contributed by atoms with Crippen molar-refractivity contribution in [3.8, 4) is 0 Å². The first-order chi connectivity index (χ1) is 21.4. The number of benzene rings is 1. The summed E-state index contributed by atoms with van der Waals surface area (Å²) in [5, 5.41) is 5.94. The van der Waals surface area contributed by atoms with Gasteiger partial charge in [-0.15, -0.1) is 0 Å². The molecular weight excluding hydrogens is 590 g/mol. The van der Waals surface area contributed by atoms with Gasteiger partial charge in [0, 0.05) is 24.1 Å². The van der Waals surface area contributed by atoms with Gasteiger partial charge in [-0.05, 0) is 44.4 Å². The fourth-order valence-corrected chi connectivity index (χ4v) is 4.09. The molecule has 14 nitrogen and oxygen atoms in total. The average molecular weight is 640 g/mol. The Morgan fingerprint density at radius 3 is 1.53 bits per heavy atom. The van der Waals surface area contributed by atoms with Crippen LogP contribution >= 0.6 is 0 Å². The van der Waals surface area contributed by atoms with Gasteiger partial charge in [0.05, 0.1) is 80.2 Å². The van der Waals surface area contributed by atoms with Gasteiger partial charge in [-0.25, -0.2) is 0 Å². The third-order valence-electron chi connectivity index (χ3n) is 6.68. The molecule has 0 unspecified atom stereocenters. The minimum atomic E-state index is -1.22. The first-order valence-electron chi connectivity index (χ1n) is 14.8. The Kier molecular flexibility index (Phi) is 18.6. The molecule has 0 spiro atoms. The number of carbonyl (C=O) groups excluding carboxylic acids is 5. The zero-order chi connectivity index (χ0) is 33.7. The van der Waals surface area contributed by atoms with E-state index in [0.717, 1.165) is 5.56 Å². The van der Waals surface area contributed by atoms with E-state index in [1.165, 1.54) is 21.3 Å². The van der Waals surface area contributed by atoms with Gasteiger partial charge in [0.15, 0.2) is 0 Å². The molecule has 0 atom stereocenters. The molecule has 2 amide bonds. The van der Waals surface area contributed by atoms with Crippen LogP contribution in [0.4, 0.5) is 0 Å². The minimum Gasteiger partial charge on any atom is -0.469 e. The molecule has 0 saturated carbocycles. The Labute approximate surface area is 264 Å². The summed E-state index contributed by atoms with van der Waals surface area (Å²) in [5.74, 6) is -1.95. The first kappa shape index (κ1) is 39.4. The van der Waals surface area contributed by atoms with E-state index in [-0.39, 0.29) is 77.1 Å². The molecule has 1 rings (SSSR count). The van der Waals surface area contributed by atoms with Crippen LogP contribution in [-0.2, 0) is 54.1 Å². The van der Waals surface area contributed by atoms with Crippen LogP contribution in [0.5, 0.6) is 0 Å². The largest absolute Gasteiger partial charge is 0.469 e. The van der Waals surface area contributed by atoms with Gasteiger partial charge in [-0.3, -0.25) is 24.0 Å². The third kappa shape index (κ3) is 16.9. The number of ether oxygens (including phenoxy) is 6. The predicted molar refractivity (Wildman–Crippen MR) is 163 cm³/mol. The van der Waals surface area contributed by atoms with Crippen molar-refractivity contribution >= 4 is 29.7 Å². The van der Waals surface area contributed by atoms with Crippen molar-refractivity contribution in [2.75, 3.05) is 61.0 Å². The molecule has 0 aliphatic heterocycles. The highest BCUT2D eigenvalue weighted by Crippen LogP contribution is 2.16. The molecule has 0 fully saturated rings. The Hall–Kier alpha value is -3.59. The quantitative estimate of drug-likeness (QED) is 0.0888. The van der Waals surface area contributed by atoms with Gasteiger partial charge in [0.1, 0.15) is 5.54 Å². The average Bonchev–Trinajstić information content (AvgIpc) is 3.02. The molecule has 0 aliphatic rings. The molecule has 0 aromatic heterocycles. The Morgan fingerprint density at radius 1 is 0.689 bits per heavy atom. The summed E-state index contributed by atoms with van der Waals surface area (Å²) in [6.07, 6.45) is 1.03. The van der Waals surface area contributed by atoms with Crippen LogP contribution in [0.2, 0.25) is 0 Å². The normalized spacial score (nSPS) is 11.4. The Morgan fingerprint density at radius 2 is 1.13 bits per heavy atom.